The third-order valence-electron chi connectivity index (χ3n) is 6.03. The predicted octanol–water partition coefficient (Wildman–Crippen LogP) is 4.32. The van der Waals surface area contributed by atoms with Crippen molar-refractivity contribution in [1.82, 2.24) is 14.9 Å². The first-order valence-electron chi connectivity index (χ1n) is 10.1. The van der Waals surface area contributed by atoms with Crippen molar-refractivity contribution in [3.63, 3.8) is 0 Å². The Morgan fingerprint density at radius 1 is 1.14 bits per heavy atom. The molecule has 0 atom stereocenters. The average Bonchev–Trinajstić information content (AvgIpc) is 3.20. The normalized spacial score (nSPS) is 19.6. The Morgan fingerprint density at radius 3 is 2.46 bits per heavy atom. The lowest BCUT2D eigenvalue weighted by molar-refractivity contribution is -0.139. The molecule has 1 aliphatic heterocycles. The lowest BCUT2D eigenvalue weighted by atomic mass is 9.77. The Balaban J connectivity index is 1.43. The molecule has 1 aliphatic carbocycles. The summed E-state index contributed by atoms with van der Waals surface area (Å²) < 4.78 is 6.01. The van der Waals surface area contributed by atoms with Crippen molar-refractivity contribution in [3.05, 3.63) is 52.9 Å². The van der Waals surface area contributed by atoms with Gasteiger partial charge in [-0.15, -0.1) is 0 Å². The van der Waals surface area contributed by atoms with Gasteiger partial charge in [0.2, 0.25) is 11.8 Å². The standard InChI is InChI=1S/C22H26ClN3O2/c1-16-24-13-8-20(25-16)28-19-9-14-26(15-10-19)21(27)22(11-2-3-12-22)17-4-6-18(23)7-5-17/h4-8,13,19H,2-3,9-12,14-15H2,1H3. The zero-order valence-electron chi connectivity index (χ0n) is 16.2. The third-order valence-corrected chi connectivity index (χ3v) is 6.28. The zero-order chi connectivity index (χ0) is 19.6. The number of likely N-dealkylation sites (tertiary alicyclic amines) is 1. The van der Waals surface area contributed by atoms with E-state index in [1.54, 1.807) is 12.3 Å². The summed E-state index contributed by atoms with van der Waals surface area (Å²) in [6.07, 6.45) is 7.49. The van der Waals surface area contributed by atoms with Crippen LogP contribution in [0.15, 0.2) is 36.5 Å². The first-order chi connectivity index (χ1) is 13.6. The number of nitrogens with zero attached hydrogens (tertiary/aromatic N) is 3. The molecule has 0 spiro atoms. The van der Waals surface area contributed by atoms with E-state index >= 15 is 0 Å². The molecule has 1 aromatic carbocycles. The second-order valence-electron chi connectivity index (χ2n) is 7.85. The number of carbonyl (C=O) groups is 1. The van der Waals surface area contributed by atoms with E-state index < -0.39 is 0 Å². The molecule has 28 heavy (non-hydrogen) atoms. The molecule has 5 nitrogen and oxygen atoms in total. The largest absolute Gasteiger partial charge is 0.474 e. The number of hydrogen-bond donors (Lipinski definition) is 0. The number of piperidine rings is 1. The number of rotatable bonds is 4. The fourth-order valence-corrected chi connectivity index (χ4v) is 4.65. The molecular weight excluding hydrogens is 374 g/mol. The minimum Gasteiger partial charge on any atom is -0.474 e. The van der Waals surface area contributed by atoms with Crippen molar-refractivity contribution >= 4 is 17.5 Å². The summed E-state index contributed by atoms with van der Waals surface area (Å²) in [5.41, 5.74) is 0.719. The van der Waals surface area contributed by atoms with Crippen molar-refractivity contribution in [1.29, 1.82) is 0 Å². The maximum absolute atomic E-state index is 13.5. The first kappa shape index (κ1) is 19.2. The maximum Gasteiger partial charge on any atom is 0.233 e. The van der Waals surface area contributed by atoms with Crippen LogP contribution >= 0.6 is 11.6 Å². The van der Waals surface area contributed by atoms with E-state index in [1.807, 2.05) is 36.1 Å². The van der Waals surface area contributed by atoms with Gasteiger partial charge in [-0.05, 0) is 37.5 Å². The molecular formula is C22H26ClN3O2. The van der Waals surface area contributed by atoms with Crippen molar-refractivity contribution in [2.24, 2.45) is 0 Å². The van der Waals surface area contributed by atoms with Crippen LogP contribution in [0.3, 0.4) is 0 Å². The monoisotopic (exact) mass is 399 g/mol. The summed E-state index contributed by atoms with van der Waals surface area (Å²) in [7, 11) is 0. The van der Waals surface area contributed by atoms with Crippen LogP contribution in [0.1, 0.15) is 49.9 Å². The van der Waals surface area contributed by atoms with Gasteiger partial charge in [-0.2, -0.15) is 4.98 Å². The van der Waals surface area contributed by atoms with Gasteiger partial charge in [0.15, 0.2) is 0 Å². The Morgan fingerprint density at radius 2 is 1.82 bits per heavy atom. The minimum atomic E-state index is -0.387. The van der Waals surface area contributed by atoms with Gasteiger partial charge in [-0.1, -0.05) is 36.6 Å². The predicted molar refractivity (Wildman–Crippen MR) is 109 cm³/mol. The highest BCUT2D eigenvalue weighted by Gasteiger charge is 2.45. The highest BCUT2D eigenvalue weighted by atomic mass is 35.5. The SMILES string of the molecule is Cc1nccc(OC2CCN(C(=O)C3(c4ccc(Cl)cc4)CCCC3)CC2)n1. The van der Waals surface area contributed by atoms with Crippen LogP contribution in [-0.4, -0.2) is 40.0 Å². The molecule has 1 saturated heterocycles. The summed E-state index contributed by atoms with van der Waals surface area (Å²) in [6, 6.07) is 9.64. The Kier molecular flexibility index (Phi) is 5.54. The van der Waals surface area contributed by atoms with Crippen LogP contribution in [0.25, 0.3) is 0 Å². The fraction of sp³-hybridized carbons (Fsp3) is 0.500. The fourth-order valence-electron chi connectivity index (χ4n) is 4.52. The number of ether oxygens (including phenoxy) is 1. The van der Waals surface area contributed by atoms with Crippen molar-refractivity contribution in [3.8, 4) is 5.88 Å². The van der Waals surface area contributed by atoms with Crippen LogP contribution < -0.4 is 4.74 Å². The second-order valence-corrected chi connectivity index (χ2v) is 8.28. The molecule has 0 bridgehead atoms. The molecule has 1 aromatic heterocycles. The number of carbonyl (C=O) groups excluding carboxylic acids is 1. The van der Waals surface area contributed by atoms with Gasteiger partial charge in [-0.25, -0.2) is 4.98 Å². The molecule has 2 aliphatic rings. The van der Waals surface area contributed by atoms with Gasteiger partial charge in [0.1, 0.15) is 11.9 Å². The van der Waals surface area contributed by atoms with Crippen LogP contribution in [0.4, 0.5) is 0 Å². The number of aryl methyl sites for hydroxylation is 1. The summed E-state index contributed by atoms with van der Waals surface area (Å²) >= 11 is 6.07. The van der Waals surface area contributed by atoms with E-state index in [4.69, 9.17) is 16.3 Å². The van der Waals surface area contributed by atoms with Crippen molar-refractivity contribution in [2.75, 3.05) is 13.1 Å². The smallest absolute Gasteiger partial charge is 0.233 e. The lowest BCUT2D eigenvalue weighted by Gasteiger charge is -2.38. The number of amides is 1. The highest BCUT2D eigenvalue weighted by Crippen LogP contribution is 2.43. The molecule has 4 rings (SSSR count). The Labute approximate surface area is 171 Å². The molecule has 148 valence electrons. The summed E-state index contributed by atoms with van der Waals surface area (Å²) in [5, 5.41) is 0.710. The lowest BCUT2D eigenvalue weighted by Crippen LogP contribution is -2.50. The first-order valence-corrected chi connectivity index (χ1v) is 10.5. The topological polar surface area (TPSA) is 55.3 Å². The van der Waals surface area contributed by atoms with Crippen molar-refractivity contribution in [2.45, 2.75) is 57.0 Å². The molecule has 2 aromatic rings. The van der Waals surface area contributed by atoms with Gasteiger partial charge in [0.25, 0.3) is 0 Å². The Hall–Kier alpha value is -2.14. The maximum atomic E-state index is 13.5. The summed E-state index contributed by atoms with van der Waals surface area (Å²) in [4.78, 5) is 24.0. The van der Waals surface area contributed by atoms with E-state index in [2.05, 4.69) is 9.97 Å². The molecule has 2 fully saturated rings. The summed E-state index contributed by atoms with van der Waals surface area (Å²) in [5.74, 6) is 1.59. The van der Waals surface area contributed by atoms with Gasteiger partial charge >= 0.3 is 0 Å². The van der Waals surface area contributed by atoms with E-state index in [0.29, 0.717) is 16.7 Å². The number of aromatic nitrogens is 2. The van der Waals surface area contributed by atoms with E-state index in [1.165, 1.54) is 0 Å². The van der Waals surface area contributed by atoms with Gasteiger partial charge in [0, 0.05) is 43.2 Å². The zero-order valence-corrected chi connectivity index (χ0v) is 17.0. The molecule has 2 heterocycles. The van der Waals surface area contributed by atoms with E-state index in [9.17, 15) is 4.79 Å². The van der Waals surface area contributed by atoms with Crippen LogP contribution in [0.5, 0.6) is 5.88 Å². The third kappa shape index (κ3) is 3.86. The molecule has 0 radical (unpaired) electrons. The van der Waals surface area contributed by atoms with Crippen LogP contribution in [-0.2, 0) is 10.2 Å². The van der Waals surface area contributed by atoms with Gasteiger partial charge in [-0.3, -0.25) is 4.79 Å². The second kappa shape index (κ2) is 8.08. The molecule has 0 unspecified atom stereocenters. The van der Waals surface area contributed by atoms with Crippen LogP contribution in [0, 0.1) is 6.92 Å². The molecule has 1 saturated carbocycles. The number of benzene rings is 1. The minimum absolute atomic E-state index is 0.0911. The molecule has 0 N–H and O–H groups in total. The highest BCUT2D eigenvalue weighted by molar-refractivity contribution is 6.30. The van der Waals surface area contributed by atoms with Crippen LogP contribution in [0.2, 0.25) is 5.02 Å². The van der Waals surface area contributed by atoms with Crippen molar-refractivity contribution < 1.29 is 9.53 Å². The number of hydrogen-bond acceptors (Lipinski definition) is 4. The molecule has 1 amide bonds. The quantitative estimate of drug-likeness (QED) is 0.768. The van der Waals surface area contributed by atoms with E-state index in [0.717, 1.165) is 57.2 Å². The van der Waals surface area contributed by atoms with Gasteiger partial charge in [0.05, 0.1) is 5.41 Å². The summed E-state index contributed by atoms with van der Waals surface area (Å²) in [6.45, 7) is 3.30. The Bertz CT molecular complexity index is 826. The average molecular weight is 400 g/mol. The van der Waals surface area contributed by atoms with Gasteiger partial charge < -0.3 is 9.64 Å². The number of halogens is 1. The van der Waals surface area contributed by atoms with E-state index in [-0.39, 0.29) is 17.4 Å². The molecule has 6 heteroatoms.